The molecule has 0 N–H and O–H groups in total. The Balaban J connectivity index is 2.28. The van der Waals surface area contributed by atoms with Gasteiger partial charge in [-0.15, -0.1) is 0 Å². The van der Waals surface area contributed by atoms with Crippen LogP contribution in [-0.2, 0) is 28.5 Å². The normalized spacial score (nSPS) is 27.4. The highest BCUT2D eigenvalue weighted by atomic mass is 16.7. The fraction of sp³-hybridized carbons (Fsp3) is 0.667. The predicted molar refractivity (Wildman–Crippen MR) is 61.6 cm³/mol. The fourth-order valence-corrected chi connectivity index (χ4v) is 1.25. The lowest BCUT2D eigenvalue weighted by Gasteiger charge is -2.32. The van der Waals surface area contributed by atoms with Crippen LogP contribution in [-0.4, -0.2) is 43.7 Å². The Kier molecular flexibility index (Phi) is 5.30. The third kappa shape index (κ3) is 4.46. The Morgan fingerprint density at radius 1 is 1.33 bits per heavy atom. The van der Waals surface area contributed by atoms with Gasteiger partial charge in [-0.1, -0.05) is 6.58 Å². The lowest BCUT2D eigenvalue weighted by atomic mass is 10.2. The number of hydrogen-bond donors (Lipinski definition) is 0. The Labute approximate surface area is 106 Å². The molecule has 1 aliphatic rings. The average Bonchev–Trinajstić information content (AvgIpc) is 2.30. The first-order valence-electron chi connectivity index (χ1n) is 5.69. The Morgan fingerprint density at radius 3 is 2.56 bits per heavy atom. The molecule has 0 radical (unpaired) electrons. The van der Waals surface area contributed by atoms with Crippen LogP contribution in [0.25, 0.3) is 0 Å². The summed E-state index contributed by atoms with van der Waals surface area (Å²) in [6.45, 7) is 8.30. The topological polar surface area (TPSA) is 71.1 Å². The molecular weight excluding hydrogens is 240 g/mol. The molecule has 0 saturated carbocycles. The Bertz CT molecular complexity index is 337. The van der Waals surface area contributed by atoms with Crippen LogP contribution in [0.15, 0.2) is 12.2 Å². The smallest absolute Gasteiger partial charge is 0.346 e. The molecular formula is C12H18O6. The lowest BCUT2D eigenvalue weighted by Crippen LogP contribution is -2.42. The van der Waals surface area contributed by atoms with Crippen LogP contribution in [0.4, 0.5) is 0 Å². The number of esters is 2. The minimum Gasteiger partial charge on any atom is -0.450 e. The zero-order valence-corrected chi connectivity index (χ0v) is 10.8. The molecule has 1 rings (SSSR count). The van der Waals surface area contributed by atoms with Gasteiger partial charge in [-0.2, -0.15) is 0 Å². The summed E-state index contributed by atoms with van der Waals surface area (Å²) in [6.07, 6.45) is -0.956. The third-order valence-corrected chi connectivity index (χ3v) is 2.46. The standard InChI is InChI=1S/C12H18O6/c1-7(2)12(14)16-5-10(13)18-11-6-15-8(3)9(4)17-11/h8-9,11H,1,5-6H2,2-4H3/t8-,9-,11-/m1/s1. The molecule has 0 aromatic rings. The van der Waals surface area contributed by atoms with Gasteiger partial charge in [0.25, 0.3) is 0 Å². The lowest BCUT2D eigenvalue weighted by molar-refractivity contribution is -0.254. The van der Waals surface area contributed by atoms with Gasteiger partial charge in [0.15, 0.2) is 6.61 Å². The van der Waals surface area contributed by atoms with E-state index in [4.69, 9.17) is 14.2 Å². The number of rotatable bonds is 4. The van der Waals surface area contributed by atoms with Crippen molar-refractivity contribution >= 4 is 11.9 Å². The van der Waals surface area contributed by atoms with Crippen LogP contribution in [0.1, 0.15) is 20.8 Å². The first-order valence-corrected chi connectivity index (χ1v) is 5.69. The molecule has 102 valence electrons. The second kappa shape index (κ2) is 6.51. The summed E-state index contributed by atoms with van der Waals surface area (Å²) in [5.74, 6) is -1.31. The predicted octanol–water partition coefficient (Wildman–Crippen LogP) is 0.799. The van der Waals surface area contributed by atoms with E-state index < -0.39 is 24.8 Å². The summed E-state index contributed by atoms with van der Waals surface area (Å²) < 4.78 is 20.3. The molecule has 18 heavy (non-hydrogen) atoms. The van der Waals surface area contributed by atoms with Gasteiger partial charge in [-0.3, -0.25) is 0 Å². The molecule has 1 fully saturated rings. The molecule has 1 aliphatic heterocycles. The molecule has 0 aliphatic carbocycles. The van der Waals surface area contributed by atoms with Crippen LogP contribution < -0.4 is 0 Å². The van der Waals surface area contributed by atoms with Crippen molar-refractivity contribution in [3.8, 4) is 0 Å². The summed E-state index contributed by atoms with van der Waals surface area (Å²) in [5.41, 5.74) is 0.225. The second-order valence-electron chi connectivity index (χ2n) is 4.16. The number of carbonyl (C=O) groups excluding carboxylic acids is 2. The molecule has 0 amide bonds. The first kappa shape index (κ1) is 14.7. The van der Waals surface area contributed by atoms with Crippen LogP contribution in [0.3, 0.4) is 0 Å². The molecule has 3 atom stereocenters. The van der Waals surface area contributed by atoms with Gasteiger partial charge < -0.3 is 18.9 Å². The van der Waals surface area contributed by atoms with E-state index in [0.29, 0.717) is 0 Å². The maximum Gasteiger partial charge on any atom is 0.346 e. The Hall–Kier alpha value is -1.40. The molecule has 1 heterocycles. The quantitative estimate of drug-likeness (QED) is 0.548. The van der Waals surface area contributed by atoms with Gasteiger partial charge in [0.1, 0.15) is 6.61 Å². The van der Waals surface area contributed by atoms with E-state index in [1.54, 1.807) is 0 Å². The van der Waals surface area contributed by atoms with E-state index in [1.807, 2.05) is 13.8 Å². The molecule has 6 heteroatoms. The van der Waals surface area contributed by atoms with Gasteiger partial charge in [0.2, 0.25) is 6.29 Å². The van der Waals surface area contributed by atoms with Crippen molar-refractivity contribution in [1.29, 1.82) is 0 Å². The molecule has 0 aromatic carbocycles. The van der Waals surface area contributed by atoms with Crippen molar-refractivity contribution in [2.45, 2.75) is 39.3 Å². The van der Waals surface area contributed by atoms with Gasteiger partial charge >= 0.3 is 11.9 Å². The minimum absolute atomic E-state index is 0.0406. The SMILES string of the molecule is C=C(C)C(=O)OCC(=O)O[C@@H]1CO[C@H](C)[C@@H](C)O1. The van der Waals surface area contributed by atoms with Gasteiger partial charge in [0, 0.05) is 5.57 Å². The summed E-state index contributed by atoms with van der Waals surface area (Å²) in [6, 6.07) is 0. The van der Waals surface area contributed by atoms with Crippen molar-refractivity contribution < 1.29 is 28.5 Å². The summed E-state index contributed by atoms with van der Waals surface area (Å²) in [4.78, 5) is 22.4. The summed E-state index contributed by atoms with van der Waals surface area (Å²) >= 11 is 0. The summed E-state index contributed by atoms with van der Waals surface area (Å²) in [7, 11) is 0. The van der Waals surface area contributed by atoms with Gasteiger partial charge in [-0.25, -0.2) is 9.59 Å². The highest BCUT2D eigenvalue weighted by Crippen LogP contribution is 2.15. The van der Waals surface area contributed by atoms with Crippen LogP contribution in [0, 0.1) is 0 Å². The minimum atomic E-state index is -0.757. The van der Waals surface area contributed by atoms with Crippen LogP contribution in [0.5, 0.6) is 0 Å². The molecule has 0 spiro atoms. The highest BCUT2D eigenvalue weighted by Gasteiger charge is 2.28. The van der Waals surface area contributed by atoms with Crippen molar-refractivity contribution in [2.24, 2.45) is 0 Å². The molecule has 0 aromatic heterocycles. The van der Waals surface area contributed by atoms with Crippen LogP contribution in [0.2, 0.25) is 0 Å². The number of carbonyl (C=O) groups is 2. The van der Waals surface area contributed by atoms with Crippen LogP contribution >= 0.6 is 0 Å². The highest BCUT2D eigenvalue weighted by molar-refractivity contribution is 5.88. The van der Waals surface area contributed by atoms with E-state index in [-0.39, 0.29) is 24.4 Å². The molecule has 1 saturated heterocycles. The number of ether oxygens (including phenoxy) is 4. The fourth-order valence-electron chi connectivity index (χ4n) is 1.25. The maximum absolute atomic E-state index is 11.4. The first-order chi connectivity index (χ1) is 8.40. The largest absolute Gasteiger partial charge is 0.450 e. The van der Waals surface area contributed by atoms with Crippen molar-refractivity contribution in [3.63, 3.8) is 0 Å². The van der Waals surface area contributed by atoms with E-state index in [2.05, 4.69) is 11.3 Å². The maximum atomic E-state index is 11.4. The monoisotopic (exact) mass is 258 g/mol. The van der Waals surface area contributed by atoms with Crippen molar-refractivity contribution in [3.05, 3.63) is 12.2 Å². The number of hydrogen-bond acceptors (Lipinski definition) is 6. The molecule has 0 unspecified atom stereocenters. The van der Waals surface area contributed by atoms with Gasteiger partial charge in [-0.05, 0) is 20.8 Å². The second-order valence-corrected chi connectivity index (χ2v) is 4.16. The van der Waals surface area contributed by atoms with E-state index in [9.17, 15) is 9.59 Å². The van der Waals surface area contributed by atoms with Crippen molar-refractivity contribution in [2.75, 3.05) is 13.2 Å². The summed E-state index contributed by atoms with van der Waals surface area (Å²) in [5, 5.41) is 0. The third-order valence-electron chi connectivity index (χ3n) is 2.46. The average molecular weight is 258 g/mol. The molecule has 0 bridgehead atoms. The van der Waals surface area contributed by atoms with Crippen molar-refractivity contribution in [1.82, 2.24) is 0 Å². The van der Waals surface area contributed by atoms with Gasteiger partial charge in [0.05, 0.1) is 12.2 Å². The Morgan fingerprint density at radius 2 is 2.00 bits per heavy atom. The van der Waals surface area contributed by atoms with E-state index in [0.717, 1.165) is 0 Å². The zero-order chi connectivity index (χ0) is 13.7. The zero-order valence-electron chi connectivity index (χ0n) is 10.8. The molecule has 6 nitrogen and oxygen atoms in total. The van der Waals surface area contributed by atoms with E-state index in [1.165, 1.54) is 6.92 Å². The van der Waals surface area contributed by atoms with E-state index >= 15 is 0 Å².